The van der Waals surface area contributed by atoms with Crippen molar-refractivity contribution >= 4 is 5.82 Å². The minimum absolute atomic E-state index is 0.0606. The Morgan fingerprint density at radius 2 is 2.11 bits per heavy atom. The largest absolute Gasteiger partial charge is 0.362 e. The van der Waals surface area contributed by atoms with Crippen LogP contribution in [0.2, 0.25) is 0 Å². The Hall–Kier alpha value is -1.32. The molecule has 0 amide bonds. The lowest BCUT2D eigenvalue weighted by Gasteiger charge is -2.31. The van der Waals surface area contributed by atoms with Crippen molar-refractivity contribution in [2.24, 2.45) is 5.92 Å². The molecule has 104 valence electrons. The van der Waals surface area contributed by atoms with Gasteiger partial charge in [0.25, 0.3) is 5.56 Å². The fourth-order valence-electron chi connectivity index (χ4n) is 3.23. The SMILES string of the molecule is CCC1CCCCC1Nc1nccn(C2CC2)c1=O. The summed E-state index contributed by atoms with van der Waals surface area (Å²) in [6.45, 7) is 2.24. The lowest BCUT2D eigenvalue weighted by Crippen LogP contribution is -2.35. The Morgan fingerprint density at radius 3 is 2.84 bits per heavy atom. The third-order valence-electron chi connectivity index (χ3n) is 4.56. The summed E-state index contributed by atoms with van der Waals surface area (Å²) in [5.41, 5.74) is 0.0606. The predicted molar refractivity (Wildman–Crippen MR) is 76.4 cm³/mol. The van der Waals surface area contributed by atoms with Gasteiger partial charge in [-0.3, -0.25) is 4.79 Å². The molecule has 0 bridgehead atoms. The van der Waals surface area contributed by atoms with Gasteiger partial charge in [-0.05, 0) is 31.6 Å². The average molecular weight is 261 g/mol. The molecular formula is C15H23N3O. The van der Waals surface area contributed by atoms with E-state index in [4.69, 9.17) is 0 Å². The first kappa shape index (κ1) is 12.7. The summed E-state index contributed by atoms with van der Waals surface area (Å²) in [7, 11) is 0. The highest BCUT2D eigenvalue weighted by atomic mass is 16.1. The zero-order valence-corrected chi connectivity index (χ0v) is 11.6. The molecule has 1 aromatic rings. The number of aromatic nitrogens is 2. The van der Waals surface area contributed by atoms with Gasteiger partial charge in [-0.2, -0.15) is 0 Å². The van der Waals surface area contributed by atoms with Gasteiger partial charge in [-0.1, -0.05) is 26.2 Å². The van der Waals surface area contributed by atoms with E-state index in [9.17, 15) is 4.79 Å². The third kappa shape index (κ3) is 2.67. The van der Waals surface area contributed by atoms with Crippen LogP contribution in [0, 0.1) is 5.92 Å². The van der Waals surface area contributed by atoms with Gasteiger partial charge in [0.15, 0.2) is 5.82 Å². The summed E-state index contributed by atoms with van der Waals surface area (Å²) < 4.78 is 1.85. The Balaban J connectivity index is 1.78. The minimum Gasteiger partial charge on any atom is -0.362 e. The fraction of sp³-hybridized carbons (Fsp3) is 0.733. The van der Waals surface area contributed by atoms with Crippen molar-refractivity contribution in [3.8, 4) is 0 Å². The average Bonchev–Trinajstić information content (AvgIpc) is 3.26. The van der Waals surface area contributed by atoms with Gasteiger partial charge < -0.3 is 9.88 Å². The molecule has 2 aliphatic carbocycles. The lowest BCUT2D eigenvalue weighted by atomic mass is 9.83. The van der Waals surface area contributed by atoms with Crippen molar-refractivity contribution in [1.82, 2.24) is 9.55 Å². The van der Waals surface area contributed by atoms with Gasteiger partial charge in [0, 0.05) is 24.5 Å². The molecule has 2 atom stereocenters. The molecule has 1 aromatic heterocycles. The van der Waals surface area contributed by atoms with Crippen LogP contribution in [0.3, 0.4) is 0 Å². The molecule has 1 heterocycles. The van der Waals surface area contributed by atoms with Crippen molar-refractivity contribution in [3.63, 3.8) is 0 Å². The second-order valence-corrected chi connectivity index (χ2v) is 5.92. The van der Waals surface area contributed by atoms with E-state index in [0.717, 1.165) is 19.3 Å². The Morgan fingerprint density at radius 1 is 1.32 bits per heavy atom. The molecule has 2 aliphatic rings. The Bertz CT molecular complexity index is 492. The molecule has 2 fully saturated rings. The van der Waals surface area contributed by atoms with Crippen molar-refractivity contribution in [2.75, 3.05) is 5.32 Å². The number of hydrogen-bond acceptors (Lipinski definition) is 3. The second-order valence-electron chi connectivity index (χ2n) is 5.92. The van der Waals surface area contributed by atoms with E-state index in [2.05, 4.69) is 17.2 Å². The zero-order chi connectivity index (χ0) is 13.2. The van der Waals surface area contributed by atoms with Gasteiger partial charge in [0.1, 0.15) is 0 Å². The van der Waals surface area contributed by atoms with Gasteiger partial charge in [0.2, 0.25) is 0 Å². The van der Waals surface area contributed by atoms with Crippen LogP contribution in [0.1, 0.15) is 57.9 Å². The van der Waals surface area contributed by atoms with E-state index in [0.29, 0.717) is 23.8 Å². The number of nitrogens with zero attached hydrogens (tertiary/aromatic N) is 2. The Labute approximate surface area is 114 Å². The molecule has 4 heteroatoms. The molecule has 0 radical (unpaired) electrons. The molecule has 1 N–H and O–H groups in total. The van der Waals surface area contributed by atoms with Gasteiger partial charge in [-0.25, -0.2) is 4.98 Å². The first-order chi connectivity index (χ1) is 9.29. The molecule has 2 saturated carbocycles. The monoisotopic (exact) mass is 261 g/mol. The van der Waals surface area contributed by atoms with Crippen molar-refractivity contribution in [2.45, 2.75) is 64.0 Å². The van der Waals surface area contributed by atoms with Crippen molar-refractivity contribution < 1.29 is 0 Å². The highest BCUT2D eigenvalue weighted by Gasteiger charge is 2.27. The molecular weight excluding hydrogens is 238 g/mol. The number of anilines is 1. The van der Waals surface area contributed by atoms with Gasteiger partial charge >= 0.3 is 0 Å². The molecule has 3 rings (SSSR count). The third-order valence-corrected chi connectivity index (χ3v) is 4.56. The van der Waals surface area contributed by atoms with E-state index in [-0.39, 0.29) is 5.56 Å². The zero-order valence-electron chi connectivity index (χ0n) is 11.6. The topological polar surface area (TPSA) is 46.9 Å². The maximum atomic E-state index is 12.4. The van der Waals surface area contributed by atoms with Crippen molar-refractivity contribution in [1.29, 1.82) is 0 Å². The molecule has 2 unspecified atom stereocenters. The van der Waals surface area contributed by atoms with E-state index in [1.54, 1.807) is 6.20 Å². The normalized spacial score (nSPS) is 27.2. The smallest absolute Gasteiger partial charge is 0.293 e. The summed E-state index contributed by atoms with van der Waals surface area (Å²) in [6.07, 6.45) is 12.0. The first-order valence-electron chi connectivity index (χ1n) is 7.63. The summed E-state index contributed by atoms with van der Waals surface area (Å²) in [6, 6.07) is 0.846. The highest BCUT2D eigenvalue weighted by molar-refractivity contribution is 5.33. The van der Waals surface area contributed by atoms with Crippen LogP contribution >= 0.6 is 0 Å². The van der Waals surface area contributed by atoms with Gasteiger partial charge in [-0.15, -0.1) is 0 Å². The molecule has 19 heavy (non-hydrogen) atoms. The minimum atomic E-state index is 0.0606. The summed E-state index contributed by atoms with van der Waals surface area (Å²) in [4.78, 5) is 16.6. The molecule has 0 spiro atoms. The maximum absolute atomic E-state index is 12.4. The highest BCUT2D eigenvalue weighted by Crippen LogP contribution is 2.33. The summed E-state index contributed by atoms with van der Waals surface area (Å²) in [5, 5.41) is 3.43. The first-order valence-corrected chi connectivity index (χ1v) is 7.63. The van der Waals surface area contributed by atoms with E-state index in [1.165, 1.54) is 25.7 Å². The van der Waals surface area contributed by atoms with Crippen LogP contribution in [0.4, 0.5) is 5.82 Å². The standard InChI is InChI=1S/C15H23N3O/c1-2-11-5-3-4-6-13(11)17-14-15(19)18(10-9-16-14)12-7-8-12/h9-13H,2-8H2,1H3,(H,16,17). The van der Waals surface area contributed by atoms with Crippen LogP contribution in [-0.2, 0) is 0 Å². The van der Waals surface area contributed by atoms with Crippen molar-refractivity contribution in [3.05, 3.63) is 22.7 Å². The second kappa shape index (κ2) is 5.35. The number of hydrogen-bond donors (Lipinski definition) is 1. The van der Waals surface area contributed by atoms with Crippen LogP contribution in [-0.4, -0.2) is 15.6 Å². The van der Waals surface area contributed by atoms with Crippen LogP contribution in [0.15, 0.2) is 17.2 Å². The predicted octanol–water partition coefficient (Wildman–Crippen LogP) is 2.96. The van der Waals surface area contributed by atoms with Gasteiger partial charge in [0.05, 0.1) is 0 Å². The molecule has 0 aromatic carbocycles. The maximum Gasteiger partial charge on any atom is 0.293 e. The summed E-state index contributed by atoms with van der Waals surface area (Å²) in [5.74, 6) is 1.24. The van der Waals surface area contributed by atoms with Crippen LogP contribution in [0.5, 0.6) is 0 Å². The molecule has 0 saturated heterocycles. The summed E-state index contributed by atoms with van der Waals surface area (Å²) >= 11 is 0. The number of nitrogens with one attached hydrogen (secondary N) is 1. The molecule has 0 aliphatic heterocycles. The van der Waals surface area contributed by atoms with Crippen LogP contribution < -0.4 is 10.9 Å². The van der Waals surface area contributed by atoms with Crippen LogP contribution in [0.25, 0.3) is 0 Å². The molecule has 4 nitrogen and oxygen atoms in total. The fourth-order valence-corrected chi connectivity index (χ4v) is 3.23. The van der Waals surface area contributed by atoms with E-state index < -0.39 is 0 Å². The van der Waals surface area contributed by atoms with E-state index >= 15 is 0 Å². The Kier molecular flexibility index (Phi) is 3.58. The lowest BCUT2D eigenvalue weighted by molar-refractivity contribution is 0.316. The number of rotatable bonds is 4. The quantitative estimate of drug-likeness (QED) is 0.906. The van der Waals surface area contributed by atoms with E-state index in [1.807, 2.05) is 10.8 Å².